The first-order chi connectivity index (χ1) is 10.6. The van der Waals surface area contributed by atoms with E-state index in [1.807, 2.05) is 36.4 Å². The molecule has 22 heavy (non-hydrogen) atoms. The van der Waals surface area contributed by atoms with Crippen LogP contribution in [0.3, 0.4) is 0 Å². The van der Waals surface area contributed by atoms with E-state index in [0.717, 1.165) is 20.3 Å². The highest BCUT2D eigenvalue weighted by molar-refractivity contribution is 9.10. The molecule has 0 amide bonds. The molecule has 3 aromatic rings. The van der Waals surface area contributed by atoms with Crippen molar-refractivity contribution < 1.29 is 0 Å². The number of nitrogens with two attached hydrogens (primary N) is 1. The van der Waals surface area contributed by atoms with Crippen LogP contribution < -0.4 is 5.84 Å². The highest BCUT2D eigenvalue weighted by Crippen LogP contribution is 2.29. The van der Waals surface area contributed by atoms with Gasteiger partial charge in [-0.1, -0.05) is 67.9 Å². The van der Waals surface area contributed by atoms with Crippen molar-refractivity contribution in [2.45, 2.75) is 10.9 Å². The summed E-state index contributed by atoms with van der Waals surface area (Å²) in [7, 11) is 0. The first-order valence-corrected chi connectivity index (χ1v) is 9.05. The molecule has 0 aliphatic carbocycles. The Kier molecular flexibility index (Phi) is 4.85. The number of nitrogens with zero attached hydrogens (tertiary/aromatic N) is 3. The molecule has 0 atom stereocenters. The van der Waals surface area contributed by atoms with E-state index in [1.165, 1.54) is 10.2 Å². The zero-order chi connectivity index (χ0) is 15.5. The van der Waals surface area contributed by atoms with Gasteiger partial charge in [-0.05, 0) is 29.8 Å². The van der Waals surface area contributed by atoms with Crippen LogP contribution in [-0.2, 0) is 5.75 Å². The van der Waals surface area contributed by atoms with E-state index in [2.05, 4.69) is 54.2 Å². The van der Waals surface area contributed by atoms with Crippen LogP contribution in [-0.4, -0.2) is 14.9 Å². The predicted octanol–water partition coefficient (Wildman–Crippen LogP) is 4.48. The molecule has 112 valence electrons. The molecule has 2 N–H and O–H groups in total. The van der Waals surface area contributed by atoms with E-state index in [-0.39, 0.29) is 0 Å². The summed E-state index contributed by atoms with van der Waals surface area (Å²) >= 11 is 8.50. The van der Waals surface area contributed by atoms with Gasteiger partial charge in [-0.15, -0.1) is 10.2 Å². The summed E-state index contributed by atoms with van der Waals surface area (Å²) in [6, 6.07) is 16.0. The highest BCUT2D eigenvalue weighted by Gasteiger charge is 2.14. The largest absolute Gasteiger partial charge is 0.335 e. The smallest absolute Gasteiger partial charge is 0.210 e. The normalized spacial score (nSPS) is 10.8. The third kappa shape index (κ3) is 3.37. The van der Waals surface area contributed by atoms with E-state index in [9.17, 15) is 0 Å². The Morgan fingerprint density at radius 1 is 1.00 bits per heavy atom. The van der Waals surface area contributed by atoms with Gasteiger partial charge in [0.1, 0.15) is 0 Å². The van der Waals surface area contributed by atoms with Crippen LogP contribution >= 0.6 is 43.6 Å². The summed E-state index contributed by atoms with van der Waals surface area (Å²) in [6.07, 6.45) is 0. The van der Waals surface area contributed by atoms with E-state index in [0.29, 0.717) is 11.0 Å². The van der Waals surface area contributed by atoms with Crippen molar-refractivity contribution in [2.75, 3.05) is 5.84 Å². The van der Waals surface area contributed by atoms with Crippen LogP contribution in [0.1, 0.15) is 5.56 Å². The number of aromatic nitrogens is 3. The Balaban J connectivity index is 1.79. The van der Waals surface area contributed by atoms with Gasteiger partial charge in [-0.3, -0.25) is 0 Å². The second-order valence-corrected chi connectivity index (χ2v) is 7.28. The number of benzene rings is 2. The average Bonchev–Trinajstić information content (AvgIpc) is 2.88. The Labute approximate surface area is 149 Å². The molecule has 0 spiro atoms. The molecule has 0 radical (unpaired) electrons. The van der Waals surface area contributed by atoms with Gasteiger partial charge in [-0.25, -0.2) is 4.68 Å². The SMILES string of the molecule is Nn1c(SCc2ccc(Br)cc2)nnc1-c1ccccc1Br. The maximum atomic E-state index is 6.14. The maximum Gasteiger partial charge on any atom is 0.210 e. The number of hydrogen-bond donors (Lipinski definition) is 1. The molecule has 0 bridgehead atoms. The molecule has 7 heteroatoms. The lowest BCUT2D eigenvalue weighted by Crippen LogP contribution is -2.11. The third-order valence-electron chi connectivity index (χ3n) is 3.06. The minimum atomic E-state index is 0.644. The summed E-state index contributed by atoms with van der Waals surface area (Å²) in [4.78, 5) is 0. The van der Waals surface area contributed by atoms with Crippen LogP contribution in [0.15, 0.2) is 62.6 Å². The first-order valence-electron chi connectivity index (χ1n) is 6.48. The molecule has 0 fully saturated rings. The molecule has 3 rings (SSSR count). The number of halogens is 2. The quantitative estimate of drug-likeness (QED) is 0.481. The fraction of sp³-hybridized carbons (Fsp3) is 0.0667. The molecule has 1 heterocycles. The van der Waals surface area contributed by atoms with Crippen LogP contribution in [0.2, 0.25) is 0 Å². The zero-order valence-corrected chi connectivity index (χ0v) is 15.4. The monoisotopic (exact) mass is 438 g/mol. The van der Waals surface area contributed by atoms with Crippen LogP contribution in [0.25, 0.3) is 11.4 Å². The van der Waals surface area contributed by atoms with Crippen LogP contribution in [0.5, 0.6) is 0 Å². The van der Waals surface area contributed by atoms with Gasteiger partial charge in [0.15, 0.2) is 5.82 Å². The Hall–Kier alpha value is -1.31. The lowest BCUT2D eigenvalue weighted by atomic mass is 10.2. The van der Waals surface area contributed by atoms with Crippen LogP contribution in [0.4, 0.5) is 0 Å². The molecule has 0 saturated carbocycles. The topological polar surface area (TPSA) is 56.7 Å². The van der Waals surface area contributed by atoms with Gasteiger partial charge in [0.2, 0.25) is 5.16 Å². The molecular weight excluding hydrogens is 428 g/mol. The van der Waals surface area contributed by atoms with E-state index in [1.54, 1.807) is 11.8 Å². The number of thioether (sulfide) groups is 1. The second kappa shape index (κ2) is 6.85. The van der Waals surface area contributed by atoms with E-state index < -0.39 is 0 Å². The summed E-state index contributed by atoms with van der Waals surface area (Å²) < 4.78 is 3.54. The van der Waals surface area contributed by atoms with E-state index in [4.69, 9.17) is 5.84 Å². The van der Waals surface area contributed by atoms with Crippen molar-refractivity contribution in [3.05, 3.63) is 63.0 Å². The molecule has 0 aliphatic rings. The molecule has 1 aromatic heterocycles. The predicted molar refractivity (Wildman–Crippen MR) is 97.0 cm³/mol. The van der Waals surface area contributed by atoms with Gasteiger partial charge < -0.3 is 5.84 Å². The van der Waals surface area contributed by atoms with Crippen molar-refractivity contribution in [3.8, 4) is 11.4 Å². The van der Waals surface area contributed by atoms with Gasteiger partial charge in [0.25, 0.3) is 0 Å². The number of rotatable bonds is 4. The maximum absolute atomic E-state index is 6.14. The summed E-state index contributed by atoms with van der Waals surface area (Å²) in [5, 5.41) is 9.08. The fourth-order valence-corrected chi connectivity index (χ4v) is 3.47. The number of nitrogen functional groups attached to an aromatic ring is 1. The molecule has 0 saturated heterocycles. The average molecular weight is 440 g/mol. The Morgan fingerprint density at radius 3 is 2.45 bits per heavy atom. The summed E-state index contributed by atoms with van der Waals surface area (Å²) in [5.74, 6) is 7.57. The minimum absolute atomic E-state index is 0.644. The molecule has 0 unspecified atom stereocenters. The van der Waals surface area contributed by atoms with Crippen molar-refractivity contribution in [3.63, 3.8) is 0 Å². The van der Waals surface area contributed by atoms with Crippen molar-refractivity contribution in [2.24, 2.45) is 0 Å². The fourth-order valence-electron chi connectivity index (χ4n) is 1.93. The van der Waals surface area contributed by atoms with Crippen LogP contribution in [0, 0.1) is 0 Å². The lowest BCUT2D eigenvalue weighted by Gasteiger charge is -2.05. The molecule has 2 aromatic carbocycles. The van der Waals surface area contributed by atoms with E-state index >= 15 is 0 Å². The van der Waals surface area contributed by atoms with Gasteiger partial charge in [-0.2, -0.15) is 0 Å². The van der Waals surface area contributed by atoms with Crippen molar-refractivity contribution in [1.82, 2.24) is 14.9 Å². The summed E-state index contributed by atoms with van der Waals surface area (Å²) in [5.41, 5.74) is 2.13. The highest BCUT2D eigenvalue weighted by atomic mass is 79.9. The lowest BCUT2D eigenvalue weighted by molar-refractivity contribution is 0.849. The molecule has 4 nitrogen and oxygen atoms in total. The standard InChI is InChI=1S/C15H12Br2N4S/c16-11-7-5-10(6-8-11)9-22-15-20-19-14(21(15)18)12-3-1-2-4-13(12)17/h1-8H,9,18H2. The first kappa shape index (κ1) is 15.6. The zero-order valence-electron chi connectivity index (χ0n) is 11.4. The molecular formula is C15H12Br2N4S. The van der Waals surface area contributed by atoms with Gasteiger partial charge in [0, 0.05) is 20.3 Å². The van der Waals surface area contributed by atoms with Crippen molar-refractivity contribution >= 4 is 43.6 Å². The second-order valence-electron chi connectivity index (χ2n) is 4.57. The minimum Gasteiger partial charge on any atom is -0.335 e. The Morgan fingerprint density at radius 2 is 1.73 bits per heavy atom. The summed E-state index contributed by atoms with van der Waals surface area (Å²) in [6.45, 7) is 0. The Bertz CT molecular complexity index is 786. The van der Waals surface area contributed by atoms with Gasteiger partial charge >= 0.3 is 0 Å². The van der Waals surface area contributed by atoms with Crippen molar-refractivity contribution in [1.29, 1.82) is 0 Å². The molecule has 0 aliphatic heterocycles. The number of hydrogen-bond acceptors (Lipinski definition) is 4. The third-order valence-corrected chi connectivity index (χ3v) is 5.29. The van der Waals surface area contributed by atoms with Gasteiger partial charge in [0.05, 0.1) is 0 Å².